The zero-order chi connectivity index (χ0) is 16.0. The van der Waals surface area contributed by atoms with Crippen LogP contribution in [0.2, 0.25) is 0 Å². The molecule has 2 aromatic heterocycles. The lowest BCUT2D eigenvalue weighted by molar-refractivity contribution is 0.0761. The molecule has 4 heterocycles. The van der Waals surface area contributed by atoms with Crippen molar-refractivity contribution in [2.24, 2.45) is 18.9 Å². The van der Waals surface area contributed by atoms with Gasteiger partial charge in [-0.1, -0.05) is 0 Å². The Balaban J connectivity index is 1.35. The molecule has 4 rings (SSSR count). The van der Waals surface area contributed by atoms with Gasteiger partial charge in [-0.25, -0.2) is 9.97 Å². The third kappa shape index (κ3) is 2.88. The van der Waals surface area contributed by atoms with Crippen molar-refractivity contribution in [2.75, 3.05) is 26.2 Å². The van der Waals surface area contributed by atoms with E-state index in [1.165, 1.54) is 0 Å². The second-order valence-corrected chi connectivity index (χ2v) is 7.59. The zero-order valence-electron chi connectivity index (χ0n) is 13.3. The lowest BCUT2D eigenvalue weighted by Crippen LogP contribution is -2.33. The van der Waals surface area contributed by atoms with Crippen LogP contribution in [-0.2, 0) is 13.6 Å². The minimum absolute atomic E-state index is 0.0401. The zero-order valence-corrected chi connectivity index (χ0v) is 14.2. The summed E-state index contributed by atoms with van der Waals surface area (Å²) in [5.74, 6) is 1.38. The van der Waals surface area contributed by atoms with Gasteiger partial charge in [-0.2, -0.15) is 0 Å². The second kappa shape index (κ2) is 5.68. The molecule has 0 aromatic carbocycles. The van der Waals surface area contributed by atoms with E-state index < -0.39 is 0 Å². The van der Waals surface area contributed by atoms with Crippen molar-refractivity contribution in [3.63, 3.8) is 0 Å². The number of likely N-dealkylation sites (tertiary alicyclic amines) is 2. The van der Waals surface area contributed by atoms with Crippen LogP contribution in [0.5, 0.6) is 0 Å². The fourth-order valence-corrected chi connectivity index (χ4v) is 4.28. The van der Waals surface area contributed by atoms with Gasteiger partial charge in [-0.15, -0.1) is 16.4 Å². The molecule has 2 aliphatic rings. The Morgan fingerprint density at radius 1 is 1.30 bits per heavy atom. The van der Waals surface area contributed by atoms with Gasteiger partial charge in [0.15, 0.2) is 0 Å². The Labute approximate surface area is 138 Å². The molecule has 23 heavy (non-hydrogen) atoms. The number of hydrogen-bond acceptors (Lipinski definition) is 6. The van der Waals surface area contributed by atoms with E-state index in [9.17, 15) is 4.79 Å². The number of carbonyl (C=O) groups is 1. The maximum atomic E-state index is 12.4. The van der Waals surface area contributed by atoms with Crippen molar-refractivity contribution in [3.8, 4) is 0 Å². The first kappa shape index (κ1) is 14.8. The van der Waals surface area contributed by atoms with Gasteiger partial charge in [0.2, 0.25) is 5.82 Å². The van der Waals surface area contributed by atoms with Gasteiger partial charge in [-0.3, -0.25) is 14.4 Å². The van der Waals surface area contributed by atoms with E-state index in [1.54, 1.807) is 29.4 Å². The summed E-state index contributed by atoms with van der Waals surface area (Å²) in [6.45, 7) is 6.68. The molecule has 2 aromatic rings. The molecule has 0 saturated carbocycles. The SMILES string of the molecule is Cc1nc(CN2CC3CN(C(=O)c4ncn(C)n4)CC3C2)cs1. The van der Waals surface area contributed by atoms with Crippen molar-refractivity contribution in [1.82, 2.24) is 29.5 Å². The highest BCUT2D eigenvalue weighted by Gasteiger charge is 2.42. The number of thiazole rings is 1. The van der Waals surface area contributed by atoms with E-state index in [2.05, 4.69) is 25.3 Å². The van der Waals surface area contributed by atoms with E-state index in [0.717, 1.165) is 43.4 Å². The Morgan fingerprint density at radius 3 is 2.61 bits per heavy atom. The molecule has 0 spiro atoms. The van der Waals surface area contributed by atoms with Crippen LogP contribution in [-0.4, -0.2) is 61.6 Å². The quantitative estimate of drug-likeness (QED) is 0.831. The van der Waals surface area contributed by atoms with Gasteiger partial charge >= 0.3 is 0 Å². The van der Waals surface area contributed by atoms with Crippen molar-refractivity contribution in [3.05, 3.63) is 28.2 Å². The van der Waals surface area contributed by atoms with Gasteiger partial charge in [0.25, 0.3) is 5.91 Å². The number of fused-ring (bicyclic) bond motifs is 1. The Morgan fingerprint density at radius 2 is 2.04 bits per heavy atom. The topological polar surface area (TPSA) is 67.2 Å². The molecule has 1 amide bonds. The monoisotopic (exact) mass is 332 g/mol. The molecule has 2 saturated heterocycles. The molecule has 2 atom stereocenters. The van der Waals surface area contributed by atoms with Crippen LogP contribution >= 0.6 is 11.3 Å². The molecule has 0 aliphatic carbocycles. The summed E-state index contributed by atoms with van der Waals surface area (Å²) in [5, 5.41) is 7.39. The molecule has 0 N–H and O–H groups in total. The first-order valence-corrected chi connectivity index (χ1v) is 8.74. The summed E-state index contributed by atoms with van der Waals surface area (Å²) >= 11 is 1.71. The van der Waals surface area contributed by atoms with Gasteiger partial charge in [0.05, 0.1) is 10.7 Å². The lowest BCUT2D eigenvalue weighted by atomic mass is 10.0. The number of nitrogens with zero attached hydrogens (tertiary/aromatic N) is 6. The van der Waals surface area contributed by atoms with Crippen LogP contribution in [0.1, 0.15) is 21.3 Å². The Hall–Kier alpha value is -1.80. The van der Waals surface area contributed by atoms with Crippen molar-refractivity contribution in [2.45, 2.75) is 13.5 Å². The maximum Gasteiger partial charge on any atom is 0.293 e. The van der Waals surface area contributed by atoms with Gasteiger partial charge in [-0.05, 0) is 18.8 Å². The molecule has 2 aliphatic heterocycles. The second-order valence-electron chi connectivity index (χ2n) is 6.52. The average Bonchev–Trinajstić information content (AvgIpc) is 3.23. The van der Waals surface area contributed by atoms with E-state index in [-0.39, 0.29) is 5.91 Å². The first-order valence-electron chi connectivity index (χ1n) is 7.87. The fraction of sp³-hybridized carbons (Fsp3) is 0.600. The number of aromatic nitrogens is 4. The van der Waals surface area contributed by atoms with Crippen LogP contribution in [0.3, 0.4) is 0 Å². The van der Waals surface area contributed by atoms with Crippen molar-refractivity contribution < 1.29 is 4.79 Å². The standard InChI is InChI=1S/C15H20N6OS/c1-10-17-13(8-23-10)7-20-3-11-5-21(6-12(11)4-20)15(22)14-16-9-19(2)18-14/h8-9,11-12H,3-7H2,1-2H3. The third-order valence-corrected chi connectivity index (χ3v) is 5.51. The van der Waals surface area contributed by atoms with Crippen molar-refractivity contribution >= 4 is 17.2 Å². The molecule has 2 unspecified atom stereocenters. The van der Waals surface area contributed by atoms with Crippen LogP contribution in [0.4, 0.5) is 0 Å². The molecule has 8 heteroatoms. The van der Waals surface area contributed by atoms with E-state index in [4.69, 9.17) is 0 Å². The number of carbonyl (C=O) groups excluding carboxylic acids is 1. The Bertz CT molecular complexity index is 711. The van der Waals surface area contributed by atoms with E-state index in [1.807, 2.05) is 11.8 Å². The van der Waals surface area contributed by atoms with Gasteiger partial charge in [0, 0.05) is 45.2 Å². The largest absolute Gasteiger partial charge is 0.335 e. The van der Waals surface area contributed by atoms with E-state index >= 15 is 0 Å². The Kier molecular flexibility index (Phi) is 3.65. The summed E-state index contributed by atoms with van der Waals surface area (Å²) < 4.78 is 1.57. The first-order chi connectivity index (χ1) is 11.1. The van der Waals surface area contributed by atoms with Gasteiger partial charge in [0.1, 0.15) is 6.33 Å². The van der Waals surface area contributed by atoms with Crippen LogP contribution in [0, 0.1) is 18.8 Å². The van der Waals surface area contributed by atoms with E-state index in [0.29, 0.717) is 17.7 Å². The highest BCUT2D eigenvalue weighted by molar-refractivity contribution is 7.09. The van der Waals surface area contributed by atoms with Gasteiger partial charge < -0.3 is 4.90 Å². The number of rotatable bonds is 3. The minimum atomic E-state index is -0.0401. The summed E-state index contributed by atoms with van der Waals surface area (Å²) in [7, 11) is 1.78. The fourth-order valence-electron chi connectivity index (χ4n) is 3.67. The average molecular weight is 332 g/mol. The summed E-state index contributed by atoms with van der Waals surface area (Å²) in [5.41, 5.74) is 1.16. The minimum Gasteiger partial charge on any atom is -0.335 e. The molecule has 2 fully saturated rings. The molecule has 0 bridgehead atoms. The molecular weight excluding hydrogens is 312 g/mol. The molecule has 0 radical (unpaired) electrons. The predicted molar refractivity (Wildman–Crippen MR) is 86.0 cm³/mol. The lowest BCUT2D eigenvalue weighted by Gasteiger charge is -2.20. The highest BCUT2D eigenvalue weighted by atomic mass is 32.1. The number of aryl methyl sites for hydroxylation is 2. The molecule has 122 valence electrons. The molecular formula is C15H20N6OS. The third-order valence-electron chi connectivity index (χ3n) is 4.69. The smallest absolute Gasteiger partial charge is 0.293 e. The maximum absolute atomic E-state index is 12.4. The molecule has 7 nitrogen and oxygen atoms in total. The van der Waals surface area contributed by atoms with Crippen LogP contribution in [0.15, 0.2) is 11.7 Å². The summed E-state index contributed by atoms with van der Waals surface area (Å²) in [6.07, 6.45) is 1.57. The van der Waals surface area contributed by atoms with Crippen LogP contribution in [0.25, 0.3) is 0 Å². The van der Waals surface area contributed by atoms with Crippen molar-refractivity contribution in [1.29, 1.82) is 0 Å². The highest BCUT2D eigenvalue weighted by Crippen LogP contribution is 2.32. The predicted octanol–water partition coefficient (Wildman–Crippen LogP) is 0.784. The number of amides is 1. The number of hydrogen-bond donors (Lipinski definition) is 0. The summed E-state index contributed by atoms with van der Waals surface area (Å²) in [4.78, 5) is 25.4. The normalized spacial score (nSPS) is 24.3. The summed E-state index contributed by atoms with van der Waals surface area (Å²) in [6, 6.07) is 0. The van der Waals surface area contributed by atoms with Crippen LogP contribution < -0.4 is 0 Å².